The topological polar surface area (TPSA) is 137 Å². The van der Waals surface area contributed by atoms with Gasteiger partial charge in [0.1, 0.15) is 0 Å². The Morgan fingerprint density at radius 3 is 2.31 bits per heavy atom. The first-order valence-electron chi connectivity index (χ1n) is 7.18. The van der Waals surface area contributed by atoms with Gasteiger partial charge in [-0.2, -0.15) is 8.42 Å². The number of rotatable bonds is 2. The average molecular weight is 374 g/mol. The van der Waals surface area contributed by atoms with E-state index in [4.69, 9.17) is 15.5 Å². The van der Waals surface area contributed by atoms with Gasteiger partial charge in [-0.1, -0.05) is 41.8 Å². The van der Waals surface area contributed by atoms with Crippen LogP contribution < -0.4 is 11.2 Å². The number of hydrogen-bond acceptors (Lipinski definition) is 5. The van der Waals surface area contributed by atoms with E-state index in [1.165, 1.54) is 18.3 Å². The summed E-state index contributed by atoms with van der Waals surface area (Å²) in [4.78, 5) is -0.0666. The lowest BCUT2D eigenvalue weighted by Crippen LogP contribution is -2.27. The molecule has 5 N–H and O–H groups in total. The number of benzene rings is 2. The van der Waals surface area contributed by atoms with Gasteiger partial charge in [0.15, 0.2) is 0 Å². The quantitative estimate of drug-likeness (QED) is 0.207. The van der Waals surface area contributed by atoms with E-state index in [0.717, 1.165) is 11.1 Å². The molecule has 0 saturated carbocycles. The molecule has 0 aromatic heterocycles. The van der Waals surface area contributed by atoms with Gasteiger partial charge in [0, 0.05) is 5.56 Å². The molecule has 0 unspecified atom stereocenters. The summed E-state index contributed by atoms with van der Waals surface area (Å²) in [5.41, 5.74) is 8.58. The molecule has 2 aromatic rings. The predicted molar refractivity (Wildman–Crippen MR) is 99.4 cm³/mol. The number of aryl methyl sites for hydroxylation is 1. The van der Waals surface area contributed by atoms with E-state index in [1.54, 1.807) is 17.6 Å². The van der Waals surface area contributed by atoms with E-state index in [-0.39, 0.29) is 10.9 Å². The molecule has 0 heterocycles. The molecule has 0 fully saturated rings. The molecular formula is C17H18N4O4S. The van der Waals surface area contributed by atoms with Crippen LogP contribution in [-0.2, 0) is 10.1 Å². The molecule has 2 aromatic carbocycles. The minimum absolute atomic E-state index is 0.0666. The zero-order valence-corrected chi connectivity index (χ0v) is 14.7. The van der Waals surface area contributed by atoms with E-state index in [9.17, 15) is 8.42 Å². The second kappa shape index (κ2) is 10.6. The maximum absolute atomic E-state index is 10.5. The van der Waals surface area contributed by atoms with Crippen molar-refractivity contribution in [1.29, 1.82) is 0 Å². The highest BCUT2D eigenvalue weighted by molar-refractivity contribution is 7.85. The predicted octanol–water partition coefficient (Wildman–Crippen LogP) is 1.56. The number of nitrogens with zero attached hydrogens (tertiary/aromatic N) is 2. The summed E-state index contributed by atoms with van der Waals surface area (Å²) in [6, 6.07) is 15.5. The number of hydroxylamine groups is 1. The van der Waals surface area contributed by atoms with Crippen LogP contribution in [0.5, 0.6) is 0 Å². The van der Waals surface area contributed by atoms with Crippen molar-refractivity contribution in [3.8, 4) is 11.8 Å². The smallest absolute Gasteiger partial charge is 0.294 e. The lowest BCUT2D eigenvalue weighted by molar-refractivity contribution is 0.232. The summed E-state index contributed by atoms with van der Waals surface area (Å²) >= 11 is 0. The molecule has 0 radical (unpaired) electrons. The SMILES string of the molecule is Cc1ccc(S(=O)(=O)O)cc1.NC(=N/N=C/C#Cc1ccccc1)NO. The van der Waals surface area contributed by atoms with Crippen molar-refractivity contribution in [2.45, 2.75) is 11.8 Å². The third-order valence-corrected chi connectivity index (χ3v) is 3.58. The maximum Gasteiger partial charge on any atom is 0.294 e. The normalized spacial score (nSPS) is 11.1. The monoisotopic (exact) mass is 374 g/mol. The number of nitrogens with one attached hydrogen (secondary N) is 1. The van der Waals surface area contributed by atoms with Crippen LogP contribution in [0.4, 0.5) is 0 Å². The van der Waals surface area contributed by atoms with Crippen molar-refractivity contribution < 1.29 is 18.2 Å². The molecule has 0 saturated heterocycles. The van der Waals surface area contributed by atoms with Crippen LogP contribution in [0.3, 0.4) is 0 Å². The highest BCUT2D eigenvalue weighted by Gasteiger charge is 2.06. The largest absolute Gasteiger partial charge is 0.367 e. The molecule has 136 valence electrons. The highest BCUT2D eigenvalue weighted by atomic mass is 32.2. The first-order valence-corrected chi connectivity index (χ1v) is 8.62. The number of guanidine groups is 1. The van der Waals surface area contributed by atoms with Gasteiger partial charge >= 0.3 is 0 Å². The first kappa shape index (κ1) is 20.9. The average Bonchev–Trinajstić information content (AvgIpc) is 2.62. The summed E-state index contributed by atoms with van der Waals surface area (Å²) in [5.74, 6) is 5.32. The summed E-state index contributed by atoms with van der Waals surface area (Å²) in [6.07, 6.45) is 1.29. The summed E-state index contributed by atoms with van der Waals surface area (Å²) in [6.45, 7) is 1.84. The zero-order valence-electron chi connectivity index (χ0n) is 13.9. The summed E-state index contributed by atoms with van der Waals surface area (Å²) < 4.78 is 29.6. The van der Waals surface area contributed by atoms with Crippen LogP contribution in [0.1, 0.15) is 11.1 Å². The van der Waals surface area contributed by atoms with E-state index in [2.05, 4.69) is 22.0 Å². The second-order valence-corrected chi connectivity index (χ2v) is 6.19. The molecule has 0 atom stereocenters. The maximum atomic E-state index is 10.5. The molecule has 0 spiro atoms. The first-order chi connectivity index (χ1) is 12.3. The van der Waals surface area contributed by atoms with Crippen molar-refractivity contribution in [3.63, 3.8) is 0 Å². The summed E-state index contributed by atoms with van der Waals surface area (Å²) in [5, 5.41) is 15.1. The third-order valence-electron chi connectivity index (χ3n) is 2.71. The van der Waals surface area contributed by atoms with Gasteiger partial charge in [0.05, 0.1) is 11.1 Å². The van der Waals surface area contributed by atoms with Crippen LogP contribution in [0.15, 0.2) is 69.7 Å². The minimum atomic E-state index is -4.02. The Balaban J connectivity index is 0.000000273. The molecule has 0 aliphatic heterocycles. The fraction of sp³-hybridized carbons (Fsp3) is 0.0588. The Kier molecular flexibility index (Phi) is 8.52. The van der Waals surface area contributed by atoms with Crippen molar-refractivity contribution >= 4 is 22.3 Å². The zero-order chi connectivity index (χ0) is 19.4. The molecule has 0 aliphatic rings. The lowest BCUT2D eigenvalue weighted by Gasteiger charge is -1.95. The summed E-state index contributed by atoms with van der Waals surface area (Å²) in [7, 11) is -4.02. The molecule has 26 heavy (non-hydrogen) atoms. The van der Waals surface area contributed by atoms with Gasteiger partial charge in [-0.15, -0.1) is 10.2 Å². The fourth-order valence-electron chi connectivity index (χ4n) is 1.49. The fourth-order valence-corrected chi connectivity index (χ4v) is 1.97. The van der Waals surface area contributed by atoms with Gasteiger partial charge in [0.25, 0.3) is 10.1 Å². The van der Waals surface area contributed by atoms with Crippen LogP contribution in [0.25, 0.3) is 0 Å². The second-order valence-electron chi connectivity index (χ2n) is 4.77. The highest BCUT2D eigenvalue weighted by Crippen LogP contribution is 2.08. The van der Waals surface area contributed by atoms with E-state index in [0.29, 0.717) is 0 Å². The minimum Gasteiger partial charge on any atom is -0.367 e. The molecule has 0 bridgehead atoms. The van der Waals surface area contributed by atoms with Crippen molar-refractivity contribution in [3.05, 3.63) is 65.7 Å². The van der Waals surface area contributed by atoms with Crippen LogP contribution >= 0.6 is 0 Å². The Labute approximate surface area is 151 Å². The Morgan fingerprint density at radius 1 is 1.15 bits per heavy atom. The van der Waals surface area contributed by atoms with Crippen LogP contribution in [0, 0.1) is 18.8 Å². The molecule has 8 nitrogen and oxygen atoms in total. The van der Waals surface area contributed by atoms with E-state index >= 15 is 0 Å². The molecule has 2 rings (SSSR count). The van der Waals surface area contributed by atoms with Gasteiger partial charge < -0.3 is 5.73 Å². The van der Waals surface area contributed by atoms with Gasteiger partial charge in [-0.25, -0.2) is 5.48 Å². The Morgan fingerprint density at radius 2 is 1.77 bits per heavy atom. The Bertz CT molecular complexity index is 913. The van der Waals surface area contributed by atoms with Crippen LogP contribution in [-0.4, -0.2) is 30.4 Å². The van der Waals surface area contributed by atoms with Crippen molar-refractivity contribution in [2.24, 2.45) is 15.9 Å². The van der Waals surface area contributed by atoms with E-state index < -0.39 is 10.1 Å². The Hall–Kier alpha value is -3.19. The molecule has 9 heteroatoms. The number of nitrogens with two attached hydrogens (primary N) is 1. The van der Waals surface area contributed by atoms with Gasteiger partial charge in [0.2, 0.25) is 5.96 Å². The molecular weight excluding hydrogens is 356 g/mol. The van der Waals surface area contributed by atoms with E-state index in [1.807, 2.05) is 37.3 Å². The standard InChI is InChI=1S/C10H10N4O.C7H8O3S/c11-10(14-15)13-12-8-4-7-9-5-2-1-3-6-9;1-6-2-4-7(5-3-6)11(8,9)10/h1-3,5-6,8,15H,(H3,11,13,14);2-5H,1H3,(H,8,9,10)/b12-8+;. The van der Waals surface area contributed by atoms with Crippen LogP contribution in [0.2, 0.25) is 0 Å². The van der Waals surface area contributed by atoms with Gasteiger partial charge in [-0.3, -0.25) is 9.76 Å². The van der Waals surface area contributed by atoms with Crippen molar-refractivity contribution in [2.75, 3.05) is 0 Å². The number of hydrogen-bond donors (Lipinski definition) is 4. The lowest BCUT2D eigenvalue weighted by atomic mass is 10.2. The molecule has 0 amide bonds. The molecule has 0 aliphatic carbocycles. The van der Waals surface area contributed by atoms with Crippen molar-refractivity contribution in [1.82, 2.24) is 5.48 Å². The van der Waals surface area contributed by atoms with Gasteiger partial charge in [-0.05, 0) is 37.1 Å². The third kappa shape index (κ3) is 8.60.